The van der Waals surface area contributed by atoms with Gasteiger partial charge in [-0.3, -0.25) is 9.69 Å². The monoisotopic (exact) mass is 496 g/mol. The Morgan fingerprint density at radius 1 is 1.08 bits per heavy atom. The van der Waals surface area contributed by atoms with Crippen LogP contribution in [0.5, 0.6) is 11.6 Å². The second-order valence-electron chi connectivity index (χ2n) is 8.61. The van der Waals surface area contributed by atoms with Gasteiger partial charge < -0.3 is 15.8 Å². The molecule has 2 aromatic carbocycles. The summed E-state index contributed by atoms with van der Waals surface area (Å²) in [5, 5.41) is 6.50. The van der Waals surface area contributed by atoms with Crippen molar-refractivity contribution in [1.29, 1.82) is 0 Å². The van der Waals surface area contributed by atoms with Crippen molar-refractivity contribution in [2.75, 3.05) is 18.4 Å². The Morgan fingerprint density at radius 2 is 1.83 bits per heavy atom. The molecule has 1 saturated heterocycles. The third kappa shape index (κ3) is 4.88. The minimum atomic E-state index is -1.03. The van der Waals surface area contributed by atoms with Crippen molar-refractivity contribution in [3.63, 3.8) is 0 Å². The zero-order chi connectivity index (χ0) is 25.2. The first-order valence-electron chi connectivity index (χ1n) is 11.4. The minimum Gasteiger partial charge on any atom is -0.434 e. The van der Waals surface area contributed by atoms with Crippen LogP contribution in [0.15, 0.2) is 55.0 Å². The molecule has 0 radical (unpaired) electrons. The summed E-state index contributed by atoms with van der Waals surface area (Å²) >= 11 is 0. The molecule has 0 spiro atoms. The molecule has 11 heteroatoms. The lowest BCUT2D eigenvalue weighted by Crippen LogP contribution is -2.39. The smallest absolute Gasteiger partial charge is 0.261 e. The van der Waals surface area contributed by atoms with Gasteiger partial charge >= 0.3 is 0 Å². The number of nitrogens with one attached hydrogen (secondary N) is 1. The highest BCUT2D eigenvalue weighted by molar-refractivity contribution is 6.04. The van der Waals surface area contributed by atoms with Gasteiger partial charge in [-0.1, -0.05) is 6.07 Å². The average Bonchev–Trinajstić information content (AvgIpc) is 3.26. The molecule has 5 rings (SSSR count). The quantitative estimate of drug-likeness (QED) is 0.417. The summed E-state index contributed by atoms with van der Waals surface area (Å²) in [6.07, 6.45) is 4.93. The van der Waals surface area contributed by atoms with E-state index in [0.29, 0.717) is 12.1 Å². The van der Waals surface area contributed by atoms with Crippen LogP contribution < -0.4 is 15.8 Å². The van der Waals surface area contributed by atoms with Crippen molar-refractivity contribution in [3.8, 4) is 11.6 Å². The molecular weight excluding hydrogens is 473 g/mol. The third-order valence-electron chi connectivity index (χ3n) is 6.12. The van der Waals surface area contributed by atoms with Crippen LogP contribution in [0.3, 0.4) is 0 Å². The van der Waals surface area contributed by atoms with E-state index in [4.69, 9.17) is 10.5 Å². The van der Waals surface area contributed by atoms with E-state index in [0.717, 1.165) is 55.8 Å². The average molecular weight is 496 g/mol. The topological polar surface area (TPSA) is 97.8 Å². The summed E-state index contributed by atoms with van der Waals surface area (Å²) in [5.74, 6) is -3.83. The molecule has 2 aromatic heterocycles. The number of benzene rings is 2. The van der Waals surface area contributed by atoms with Crippen LogP contribution >= 0.6 is 0 Å². The van der Waals surface area contributed by atoms with Gasteiger partial charge in [0.2, 0.25) is 5.88 Å². The predicted molar refractivity (Wildman–Crippen MR) is 126 cm³/mol. The summed E-state index contributed by atoms with van der Waals surface area (Å²) in [7, 11) is 0. The lowest BCUT2D eigenvalue weighted by atomic mass is 10.1. The van der Waals surface area contributed by atoms with Gasteiger partial charge in [0.1, 0.15) is 29.0 Å². The molecule has 3 N–H and O–H groups in total. The molecule has 0 saturated carbocycles. The number of nitrogens with two attached hydrogens (primary N) is 1. The number of ether oxygens (including phenoxy) is 1. The van der Waals surface area contributed by atoms with Gasteiger partial charge in [-0.25, -0.2) is 17.7 Å². The molecule has 36 heavy (non-hydrogen) atoms. The molecule has 1 aliphatic heterocycles. The molecule has 0 unspecified atom stereocenters. The first kappa shape index (κ1) is 23.8. The number of likely N-dealkylation sites (tertiary alicyclic amines) is 1. The number of hydrogen-bond acceptors (Lipinski definition) is 6. The summed E-state index contributed by atoms with van der Waals surface area (Å²) in [6.45, 7) is 2.40. The van der Waals surface area contributed by atoms with Crippen molar-refractivity contribution < 1.29 is 22.7 Å². The molecule has 0 aliphatic carbocycles. The largest absolute Gasteiger partial charge is 0.434 e. The number of rotatable bonds is 6. The Morgan fingerprint density at radius 3 is 2.56 bits per heavy atom. The normalized spacial score (nSPS) is 14.8. The number of halogens is 3. The number of piperidine rings is 1. The van der Waals surface area contributed by atoms with Crippen LogP contribution in [-0.4, -0.2) is 44.5 Å². The summed E-state index contributed by atoms with van der Waals surface area (Å²) in [4.78, 5) is 18.8. The Kier molecular flexibility index (Phi) is 6.57. The molecule has 1 aliphatic rings. The van der Waals surface area contributed by atoms with E-state index < -0.39 is 28.9 Å². The molecule has 4 aromatic rings. The van der Waals surface area contributed by atoms with Crippen LogP contribution in [0.4, 0.5) is 18.9 Å². The van der Waals surface area contributed by atoms with Gasteiger partial charge in [0, 0.05) is 30.5 Å². The number of aromatic nitrogens is 3. The Bertz CT molecular complexity index is 1400. The van der Waals surface area contributed by atoms with E-state index in [1.165, 1.54) is 18.5 Å². The molecule has 0 bridgehead atoms. The lowest BCUT2D eigenvalue weighted by Gasteiger charge is -2.29. The van der Waals surface area contributed by atoms with Gasteiger partial charge in [-0.05, 0) is 61.8 Å². The maximum atomic E-state index is 14.9. The van der Waals surface area contributed by atoms with Crippen LogP contribution in [0.1, 0.15) is 28.8 Å². The van der Waals surface area contributed by atoms with Crippen LogP contribution in [-0.2, 0) is 6.54 Å². The summed E-state index contributed by atoms with van der Waals surface area (Å²) < 4.78 is 50.0. The first-order valence-corrected chi connectivity index (χ1v) is 11.4. The van der Waals surface area contributed by atoms with Gasteiger partial charge in [-0.15, -0.1) is 0 Å². The van der Waals surface area contributed by atoms with E-state index >= 15 is 0 Å². The second kappa shape index (κ2) is 9.96. The summed E-state index contributed by atoms with van der Waals surface area (Å²) in [5.41, 5.74) is 6.80. The third-order valence-corrected chi connectivity index (χ3v) is 6.12. The van der Waals surface area contributed by atoms with Gasteiger partial charge in [0.15, 0.2) is 11.6 Å². The fraction of sp³-hybridized carbons (Fsp3) is 0.240. The molecular formula is C25H23F3N6O2. The zero-order valence-electron chi connectivity index (χ0n) is 19.1. The highest BCUT2D eigenvalue weighted by Gasteiger charge is 2.21. The number of carbonyl (C=O) groups is 1. The second-order valence-corrected chi connectivity index (χ2v) is 8.61. The lowest BCUT2D eigenvalue weighted by molar-refractivity contribution is 0.101. The number of hydrogen-bond donors (Lipinski definition) is 2. The molecule has 8 nitrogen and oxygen atoms in total. The number of fused-ring (bicyclic) bond motifs is 1. The SMILES string of the molecule is NC1CCN(Cc2ccn3ncnc(Oc4ccc(NC(=O)c5c(F)cccc5F)cc4F)c23)CC1. The van der Waals surface area contributed by atoms with Gasteiger partial charge in [0.05, 0.1) is 0 Å². The van der Waals surface area contributed by atoms with Crippen molar-refractivity contribution >= 4 is 17.1 Å². The molecule has 3 heterocycles. The van der Waals surface area contributed by atoms with Gasteiger partial charge in [-0.2, -0.15) is 10.1 Å². The number of carbonyl (C=O) groups excluding carboxylic acids is 1. The minimum absolute atomic E-state index is 0.00650. The Balaban J connectivity index is 1.35. The van der Waals surface area contributed by atoms with Crippen molar-refractivity contribution in [2.24, 2.45) is 5.73 Å². The van der Waals surface area contributed by atoms with E-state index in [1.807, 2.05) is 6.07 Å². The standard InChI is InChI=1S/C25H23F3N6O2/c26-18-2-1-3-19(27)22(18)24(35)32-17-4-5-21(20(28)12-17)36-25-23-15(6-11-34(23)31-14-30-25)13-33-9-7-16(29)8-10-33/h1-6,11-12,14,16H,7-10,13,29H2,(H,32,35). The Hall–Kier alpha value is -3.96. The van der Waals surface area contributed by atoms with Crippen LogP contribution in [0.25, 0.3) is 5.52 Å². The van der Waals surface area contributed by atoms with Crippen LogP contribution in [0.2, 0.25) is 0 Å². The van der Waals surface area contributed by atoms with E-state index in [9.17, 15) is 18.0 Å². The molecule has 186 valence electrons. The number of nitrogens with zero attached hydrogens (tertiary/aromatic N) is 4. The van der Waals surface area contributed by atoms with Crippen molar-refractivity contribution in [1.82, 2.24) is 19.5 Å². The first-order chi connectivity index (χ1) is 17.4. The van der Waals surface area contributed by atoms with Crippen LogP contribution in [0, 0.1) is 17.5 Å². The van der Waals surface area contributed by atoms with E-state index in [1.54, 1.807) is 10.7 Å². The maximum Gasteiger partial charge on any atom is 0.261 e. The predicted octanol–water partition coefficient (Wildman–Crippen LogP) is 4.11. The van der Waals surface area contributed by atoms with Crippen molar-refractivity contribution in [2.45, 2.75) is 25.4 Å². The fourth-order valence-corrected chi connectivity index (χ4v) is 4.22. The highest BCUT2D eigenvalue weighted by atomic mass is 19.1. The highest BCUT2D eigenvalue weighted by Crippen LogP contribution is 2.30. The molecule has 0 atom stereocenters. The molecule has 1 amide bonds. The van der Waals surface area contributed by atoms with E-state index in [-0.39, 0.29) is 23.4 Å². The zero-order valence-corrected chi connectivity index (χ0v) is 19.1. The van der Waals surface area contributed by atoms with Gasteiger partial charge in [0.25, 0.3) is 5.91 Å². The fourth-order valence-electron chi connectivity index (χ4n) is 4.22. The number of anilines is 1. The number of amides is 1. The maximum absolute atomic E-state index is 14.9. The Labute approximate surface area is 204 Å². The summed E-state index contributed by atoms with van der Waals surface area (Å²) in [6, 6.07) is 8.88. The molecule has 1 fully saturated rings. The van der Waals surface area contributed by atoms with E-state index in [2.05, 4.69) is 20.3 Å². The van der Waals surface area contributed by atoms with Crippen molar-refractivity contribution in [3.05, 3.63) is 83.6 Å².